The maximum atomic E-state index is 11.9. The van der Waals surface area contributed by atoms with Crippen LogP contribution in [0.1, 0.15) is 5.56 Å². The molecule has 0 saturated heterocycles. The third kappa shape index (κ3) is 5.89. The fraction of sp³-hybridized carbons (Fsp3) is 0.417. The fourth-order valence-corrected chi connectivity index (χ4v) is 1.40. The van der Waals surface area contributed by atoms with Crippen molar-refractivity contribution >= 4 is 5.91 Å². The standard InChI is InChI=1S/C12H15F3N2O3/c13-12(14,15)20-9-3-1-8(2-4-9)5-6-17-11(19)10(16)7-18/h1-4,10,18H,5-7,16H2,(H,17,19)/t10-/m1/s1. The number of aliphatic hydroxyl groups excluding tert-OH is 1. The Morgan fingerprint density at radius 3 is 2.45 bits per heavy atom. The molecule has 0 aliphatic heterocycles. The van der Waals surface area contributed by atoms with E-state index in [1.807, 2.05) is 0 Å². The van der Waals surface area contributed by atoms with Gasteiger partial charge in [0.1, 0.15) is 11.8 Å². The second-order valence-corrected chi connectivity index (χ2v) is 4.02. The molecule has 8 heteroatoms. The summed E-state index contributed by atoms with van der Waals surface area (Å²) in [4.78, 5) is 11.2. The molecule has 4 N–H and O–H groups in total. The Balaban J connectivity index is 2.41. The van der Waals surface area contributed by atoms with Gasteiger partial charge in [-0.1, -0.05) is 12.1 Å². The smallest absolute Gasteiger partial charge is 0.406 e. The van der Waals surface area contributed by atoms with Gasteiger partial charge < -0.3 is 20.9 Å². The van der Waals surface area contributed by atoms with E-state index in [0.29, 0.717) is 6.42 Å². The number of alkyl halides is 3. The van der Waals surface area contributed by atoms with Gasteiger partial charge in [0.25, 0.3) is 0 Å². The molecular formula is C12H15F3N2O3. The van der Waals surface area contributed by atoms with Gasteiger partial charge in [0, 0.05) is 6.54 Å². The largest absolute Gasteiger partial charge is 0.573 e. The third-order valence-corrected chi connectivity index (χ3v) is 2.40. The highest BCUT2D eigenvalue weighted by Crippen LogP contribution is 2.22. The Morgan fingerprint density at radius 2 is 1.95 bits per heavy atom. The lowest BCUT2D eigenvalue weighted by atomic mass is 10.1. The predicted octanol–water partition coefficient (Wildman–Crippen LogP) is 0.564. The first-order valence-electron chi connectivity index (χ1n) is 5.80. The molecule has 1 aromatic rings. The molecule has 1 aromatic carbocycles. The van der Waals surface area contributed by atoms with E-state index < -0.39 is 24.9 Å². The second kappa shape index (κ2) is 7.11. The van der Waals surface area contributed by atoms with Gasteiger partial charge in [0.2, 0.25) is 5.91 Å². The van der Waals surface area contributed by atoms with Crippen LogP contribution in [0.5, 0.6) is 5.75 Å². The first-order valence-corrected chi connectivity index (χ1v) is 5.80. The maximum Gasteiger partial charge on any atom is 0.573 e. The molecule has 0 bridgehead atoms. The molecule has 0 fully saturated rings. The van der Waals surface area contributed by atoms with Gasteiger partial charge in [-0.2, -0.15) is 0 Å². The summed E-state index contributed by atoms with van der Waals surface area (Å²) in [6, 6.07) is 4.37. The van der Waals surface area contributed by atoms with Crippen LogP contribution in [0.25, 0.3) is 0 Å². The van der Waals surface area contributed by atoms with Crippen molar-refractivity contribution in [3.63, 3.8) is 0 Å². The molecule has 1 amide bonds. The Hall–Kier alpha value is -1.80. The number of benzene rings is 1. The molecule has 0 spiro atoms. The summed E-state index contributed by atoms with van der Waals surface area (Å²) in [6.45, 7) is -0.179. The van der Waals surface area contributed by atoms with Crippen molar-refractivity contribution in [2.75, 3.05) is 13.2 Å². The van der Waals surface area contributed by atoms with Crippen molar-refractivity contribution in [1.29, 1.82) is 0 Å². The number of carbonyl (C=O) groups excluding carboxylic acids is 1. The molecule has 0 aliphatic carbocycles. The Morgan fingerprint density at radius 1 is 1.35 bits per heavy atom. The summed E-state index contributed by atoms with van der Waals surface area (Å²) in [6.07, 6.45) is -4.29. The summed E-state index contributed by atoms with van der Waals surface area (Å²) >= 11 is 0. The minimum Gasteiger partial charge on any atom is -0.406 e. The van der Waals surface area contributed by atoms with Gasteiger partial charge in [-0.15, -0.1) is 13.2 Å². The molecule has 0 heterocycles. The van der Waals surface area contributed by atoms with Crippen LogP contribution < -0.4 is 15.8 Å². The number of rotatable bonds is 6. The van der Waals surface area contributed by atoms with Crippen LogP contribution in [-0.4, -0.2) is 36.6 Å². The first kappa shape index (κ1) is 16.3. The number of amides is 1. The number of carbonyl (C=O) groups is 1. The van der Waals surface area contributed by atoms with Crippen LogP contribution in [0.15, 0.2) is 24.3 Å². The number of hydrogen-bond acceptors (Lipinski definition) is 4. The monoisotopic (exact) mass is 292 g/mol. The minimum atomic E-state index is -4.71. The van der Waals surface area contributed by atoms with E-state index in [4.69, 9.17) is 10.8 Å². The number of hydrogen-bond donors (Lipinski definition) is 3. The number of halogens is 3. The van der Waals surface area contributed by atoms with E-state index >= 15 is 0 Å². The SMILES string of the molecule is N[C@H](CO)C(=O)NCCc1ccc(OC(F)(F)F)cc1. The molecule has 0 radical (unpaired) electrons. The topological polar surface area (TPSA) is 84.6 Å². The van der Waals surface area contributed by atoms with Crippen molar-refractivity contribution < 1.29 is 27.8 Å². The van der Waals surface area contributed by atoms with Gasteiger partial charge >= 0.3 is 6.36 Å². The average molecular weight is 292 g/mol. The van der Waals surface area contributed by atoms with Crippen LogP contribution >= 0.6 is 0 Å². The minimum absolute atomic E-state index is 0.270. The highest BCUT2D eigenvalue weighted by Gasteiger charge is 2.30. The zero-order valence-electron chi connectivity index (χ0n) is 10.5. The van der Waals surface area contributed by atoms with Gasteiger partial charge in [0.15, 0.2) is 0 Å². The zero-order valence-corrected chi connectivity index (χ0v) is 10.5. The summed E-state index contributed by atoms with van der Waals surface area (Å²) < 4.78 is 39.6. The molecule has 1 atom stereocenters. The summed E-state index contributed by atoms with van der Waals surface area (Å²) in [7, 11) is 0. The van der Waals surface area contributed by atoms with Crippen LogP contribution in [0.2, 0.25) is 0 Å². The molecule has 0 aliphatic rings. The highest BCUT2D eigenvalue weighted by atomic mass is 19.4. The molecular weight excluding hydrogens is 277 g/mol. The number of nitrogens with two attached hydrogens (primary N) is 1. The lowest BCUT2D eigenvalue weighted by molar-refractivity contribution is -0.274. The molecule has 5 nitrogen and oxygen atoms in total. The summed E-state index contributed by atoms with van der Waals surface area (Å²) in [5.41, 5.74) is 6.02. The van der Waals surface area contributed by atoms with E-state index in [0.717, 1.165) is 5.56 Å². The number of aliphatic hydroxyl groups is 1. The molecule has 20 heavy (non-hydrogen) atoms. The van der Waals surface area contributed by atoms with Gasteiger partial charge in [-0.25, -0.2) is 0 Å². The average Bonchev–Trinajstić information content (AvgIpc) is 2.38. The molecule has 1 rings (SSSR count). The normalized spacial score (nSPS) is 12.8. The molecule has 112 valence electrons. The number of nitrogens with one attached hydrogen (secondary N) is 1. The van der Waals surface area contributed by atoms with Gasteiger partial charge in [-0.05, 0) is 24.1 Å². The second-order valence-electron chi connectivity index (χ2n) is 4.02. The predicted molar refractivity (Wildman–Crippen MR) is 64.9 cm³/mol. The maximum absolute atomic E-state index is 11.9. The Kier molecular flexibility index (Phi) is 5.78. The van der Waals surface area contributed by atoms with Gasteiger partial charge in [-0.3, -0.25) is 4.79 Å². The van der Waals surface area contributed by atoms with Crippen molar-refractivity contribution in [3.8, 4) is 5.75 Å². The van der Waals surface area contributed by atoms with Crippen LogP contribution in [-0.2, 0) is 11.2 Å². The third-order valence-electron chi connectivity index (χ3n) is 2.40. The molecule has 0 unspecified atom stereocenters. The fourth-order valence-electron chi connectivity index (χ4n) is 1.40. The summed E-state index contributed by atoms with van der Waals surface area (Å²) in [5, 5.41) is 11.2. The lowest BCUT2D eigenvalue weighted by Crippen LogP contribution is -2.43. The van der Waals surface area contributed by atoms with Crippen molar-refractivity contribution in [1.82, 2.24) is 5.32 Å². The van der Waals surface area contributed by atoms with E-state index in [-0.39, 0.29) is 12.3 Å². The van der Waals surface area contributed by atoms with Crippen molar-refractivity contribution in [2.45, 2.75) is 18.8 Å². The highest BCUT2D eigenvalue weighted by molar-refractivity contribution is 5.81. The summed E-state index contributed by atoms with van der Waals surface area (Å²) in [5.74, 6) is -0.780. The first-order chi connectivity index (χ1) is 9.31. The van der Waals surface area contributed by atoms with E-state index in [1.54, 1.807) is 0 Å². The molecule has 0 aromatic heterocycles. The van der Waals surface area contributed by atoms with Crippen LogP contribution in [0.3, 0.4) is 0 Å². The van der Waals surface area contributed by atoms with E-state index in [2.05, 4.69) is 10.1 Å². The van der Waals surface area contributed by atoms with Crippen molar-refractivity contribution in [3.05, 3.63) is 29.8 Å². The van der Waals surface area contributed by atoms with Crippen LogP contribution in [0, 0.1) is 0 Å². The quantitative estimate of drug-likeness (QED) is 0.715. The zero-order chi connectivity index (χ0) is 15.2. The lowest BCUT2D eigenvalue weighted by Gasteiger charge is -2.10. The Bertz CT molecular complexity index is 435. The van der Waals surface area contributed by atoms with Crippen LogP contribution in [0.4, 0.5) is 13.2 Å². The van der Waals surface area contributed by atoms with E-state index in [1.165, 1.54) is 24.3 Å². The Labute approximate surface area is 113 Å². The number of ether oxygens (including phenoxy) is 1. The van der Waals surface area contributed by atoms with Crippen molar-refractivity contribution in [2.24, 2.45) is 5.73 Å². The molecule has 0 saturated carbocycles. The van der Waals surface area contributed by atoms with E-state index in [9.17, 15) is 18.0 Å². The van der Waals surface area contributed by atoms with Gasteiger partial charge in [0.05, 0.1) is 6.61 Å².